The van der Waals surface area contributed by atoms with Gasteiger partial charge in [-0.25, -0.2) is 0 Å². The van der Waals surface area contributed by atoms with Crippen LogP contribution in [0.25, 0.3) is 0 Å². The van der Waals surface area contributed by atoms with Gasteiger partial charge in [0.05, 0.1) is 12.2 Å². The van der Waals surface area contributed by atoms with Crippen molar-refractivity contribution in [3.05, 3.63) is 0 Å². The van der Waals surface area contributed by atoms with Crippen LogP contribution in [0.15, 0.2) is 0 Å². The van der Waals surface area contributed by atoms with Crippen molar-refractivity contribution in [1.29, 1.82) is 5.26 Å². The largest absolute Gasteiger partial charge is 0.378 e. The maximum Gasteiger partial charge on any atom is 0.106 e. The molecule has 18 heavy (non-hydrogen) atoms. The molecule has 0 amide bonds. The normalized spacial score (nSPS) is 19.9. The predicted octanol–water partition coefficient (Wildman–Crippen LogP) is 3.40. The lowest BCUT2D eigenvalue weighted by Crippen LogP contribution is -2.47. The molecule has 1 saturated carbocycles. The lowest BCUT2D eigenvalue weighted by Gasteiger charge is -2.29. The van der Waals surface area contributed by atoms with Crippen molar-refractivity contribution >= 4 is 0 Å². The van der Waals surface area contributed by atoms with Gasteiger partial charge in [0.1, 0.15) is 5.54 Å². The van der Waals surface area contributed by atoms with Gasteiger partial charge < -0.3 is 4.74 Å². The van der Waals surface area contributed by atoms with Crippen LogP contribution in [0.5, 0.6) is 0 Å². The van der Waals surface area contributed by atoms with E-state index in [0.29, 0.717) is 12.1 Å². The zero-order valence-corrected chi connectivity index (χ0v) is 12.2. The van der Waals surface area contributed by atoms with Gasteiger partial charge in [0, 0.05) is 12.6 Å². The highest BCUT2D eigenvalue weighted by Crippen LogP contribution is 2.22. The molecule has 0 bridgehead atoms. The summed E-state index contributed by atoms with van der Waals surface area (Å²) in [5.74, 6) is 0. The first-order valence-corrected chi connectivity index (χ1v) is 7.42. The van der Waals surface area contributed by atoms with Gasteiger partial charge in [-0.1, -0.05) is 19.8 Å². The Labute approximate surface area is 112 Å². The first-order chi connectivity index (χ1) is 8.62. The summed E-state index contributed by atoms with van der Waals surface area (Å²) in [5.41, 5.74) is -0.368. The third-order valence-corrected chi connectivity index (χ3v) is 3.79. The number of nitrogens with one attached hydrogen (secondary N) is 1. The second-order valence-electron chi connectivity index (χ2n) is 5.73. The van der Waals surface area contributed by atoms with E-state index in [9.17, 15) is 5.26 Å². The molecule has 0 aromatic carbocycles. The first kappa shape index (κ1) is 15.5. The molecular formula is C15H28N2O. The maximum atomic E-state index is 9.38. The van der Waals surface area contributed by atoms with Crippen LogP contribution in [0.1, 0.15) is 65.7 Å². The highest BCUT2D eigenvalue weighted by atomic mass is 16.5. The van der Waals surface area contributed by atoms with Gasteiger partial charge in [-0.15, -0.1) is 0 Å². The molecule has 1 aliphatic carbocycles. The second kappa shape index (κ2) is 7.76. The van der Waals surface area contributed by atoms with Crippen molar-refractivity contribution in [2.75, 3.05) is 6.61 Å². The third-order valence-electron chi connectivity index (χ3n) is 3.79. The van der Waals surface area contributed by atoms with Crippen molar-refractivity contribution < 1.29 is 4.74 Å². The van der Waals surface area contributed by atoms with Gasteiger partial charge in [0.2, 0.25) is 0 Å². The highest BCUT2D eigenvalue weighted by Gasteiger charge is 2.27. The van der Waals surface area contributed by atoms with E-state index in [-0.39, 0.29) is 5.54 Å². The molecule has 0 aromatic rings. The van der Waals surface area contributed by atoms with Gasteiger partial charge in [0.15, 0.2) is 0 Å². The summed E-state index contributed by atoms with van der Waals surface area (Å²) in [6.45, 7) is 7.07. The van der Waals surface area contributed by atoms with E-state index in [1.807, 2.05) is 0 Å². The average Bonchev–Trinajstić information content (AvgIpc) is 2.85. The molecule has 0 aliphatic heterocycles. The Morgan fingerprint density at radius 1 is 1.39 bits per heavy atom. The topological polar surface area (TPSA) is 45.0 Å². The maximum absolute atomic E-state index is 9.38. The quantitative estimate of drug-likeness (QED) is 0.673. The second-order valence-corrected chi connectivity index (χ2v) is 5.73. The third kappa shape index (κ3) is 4.96. The molecule has 1 rings (SSSR count). The average molecular weight is 252 g/mol. The minimum atomic E-state index is -0.368. The van der Waals surface area contributed by atoms with Crippen LogP contribution in [0, 0.1) is 11.3 Å². The van der Waals surface area contributed by atoms with Crippen molar-refractivity contribution in [3.8, 4) is 6.07 Å². The van der Waals surface area contributed by atoms with Gasteiger partial charge in [-0.2, -0.15) is 5.26 Å². The van der Waals surface area contributed by atoms with Gasteiger partial charge in [-0.3, -0.25) is 5.32 Å². The minimum Gasteiger partial charge on any atom is -0.378 e. The highest BCUT2D eigenvalue weighted by molar-refractivity contribution is 5.06. The van der Waals surface area contributed by atoms with Crippen molar-refractivity contribution in [3.63, 3.8) is 0 Å². The molecule has 1 aliphatic rings. The first-order valence-electron chi connectivity index (χ1n) is 7.42. The molecule has 104 valence electrons. The predicted molar refractivity (Wildman–Crippen MR) is 74.3 cm³/mol. The number of nitriles is 1. The zero-order valence-electron chi connectivity index (χ0n) is 12.2. The molecule has 0 radical (unpaired) electrons. The van der Waals surface area contributed by atoms with Crippen LogP contribution in [-0.4, -0.2) is 24.3 Å². The molecule has 1 atom stereocenters. The number of hydrogen-bond acceptors (Lipinski definition) is 3. The number of hydrogen-bond donors (Lipinski definition) is 1. The molecule has 1 fully saturated rings. The van der Waals surface area contributed by atoms with Crippen LogP contribution in [-0.2, 0) is 4.74 Å². The molecule has 0 saturated heterocycles. The monoisotopic (exact) mass is 252 g/mol. The van der Waals surface area contributed by atoms with Gasteiger partial charge in [0.25, 0.3) is 0 Å². The Morgan fingerprint density at radius 2 is 2.06 bits per heavy atom. The van der Waals surface area contributed by atoms with E-state index in [4.69, 9.17) is 4.74 Å². The van der Waals surface area contributed by atoms with Crippen LogP contribution in [0.2, 0.25) is 0 Å². The Hall–Kier alpha value is -0.590. The molecule has 0 aromatic heterocycles. The van der Waals surface area contributed by atoms with Crippen LogP contribution in [0.3, 0.4) is 0 Å². The summed E-state index contributed by atoms with van der Waals surface area (Å²) >= 11 is 0. The minimum absolute atomic E-state index is 0.348. The summed E-state index contributed by atoms with van der Waals surface area (Å²) in [4.78, 5) is 0. The van der Waals surface area contributed by atoms with Crippen molar-refractivity contribution in [2.45, 2.75) is 83.4 Å². The lowest BCUT2D eigenvalue weighted by atomic mass is 9.91. The van der Waals surface area contributed by atoms with E-state index >= 15 is 0 Å². The van der Waals surface area contributed by atoms with Crippen molar-refractivity contribution in [2.24, 2.45) is 0 Å². The Balaban J connectivity index is 2.26. The summed E-state index contributed by atoms with van der Waals surface area (Å²) in [6.07, 6.45) is 8.27. The number of nitrogens with zero attached hydrogens (tertiary/aromatic N) is 1. The lowest BCUT2D eigenvalue weighted by molar-refractivity contribution is 0.0529. The van der Waals surface area contributed by atoms with E-state index < -0.39 is 0 Å². The summed E-state index contributed by atoms with van der Waals surface area (Å²) in [7, 11) is 0. The van der Waals surface area contributed by atoms with Gasteiger partial charge in [-0.05, 0) is 46.0 Å². The fourth-order valence-electron chi connectivity index (χ4n) is 2.75. The number of rotatable bonds is 8. The molecule has 0 heterocycles. The zero-order chi connectivity index (χ0) is 13.4. The Bertz CT molecular complexity index is 266. The SMILES string of the molecule is CCC(C#N)(CCCOC1CCCC1)NC(C)C. The fraction of sp³-hybridized carbons (Fsp3) is 0.933. The summed E-state index contributed by atoms with van der Waals surface area (Å²) < 4.78 is 5.86. The Kier molecular flexibility index (Phi) is 6.67. The number of ether oxygens (including phenoxy) is 1. The standard InChI is InChI=1S/C15H28N2O/c1-4-15(12-16,17-13(2)3)10-7-11-18-14-8-5-6-9-14/h13-14,17H,4-11H2,1-3H3. The summed E-state index contributed by atoms with van der Waals surface area (Å²) in [6, 6.07) is 2.81. The van der Waals surface area contributed by atoms with Gasteiger partial charge >= 0.3 is 0 Å². The molecule has 3 heteroatoms. The van der Waals surface area contributed by atoms with Crippen LogP contribution >= 0.6 is 0 Å². The smallest absolute Gasteiger partial charge is 0.106 e. The molecule has 1 N–H and O–H groups in total. The molecule has 0 spiro atoms. The molecule has 1 unspecified atom stereocenters. The Morgan fingerprint density at radius 3 is 2.56 bits per heavy atom. The molecular weight excluding hydrogens is 224 g/mol. The summed E-state index contributed by atoms with van der Waals surface area (Å²) in [5, 5.41) is 12.8. The van der Waals surface area contributed by atoms with E-state index in [2.05, 4.69) is 32.2 Å². The van der Waals surface area contributed by atoms with E-state index in [0.717, 1.165) is 25.9 Å². The van der Waals surface area contributed by atoms with E-state index in [1.54, 1.807) is 0 Å². The van der Waals surface area contributed by atoms with Crippen LogP contribution in [0.4, 0.5) is 0 Å². The van der Waals surface area contributed by atoms with Crippen molar-refractivity contribution in [1.82, 2.24) is 5.32 Å². The fourth-order valence-corrected chi connectivity index (χ4v) is 2.75. The molecule has 3 nitrogen and oxygen atoms in total. The van der Waals surface area contributed by atoms with E-state index in [1.165, 1.54) is 25.7 Å². The van der Waals surface area contributed by atoms with Crippen LogP contribution < -0.4 is 5.32 Å².